The lowest BCUT2D eigenvalue weighted by Gasteiger charge is -2.26. The molecule has 7 heteroatoms. The van der Waals surface area contributed by atoms with Crippen molar-refractivity contribution in [3.8, 4) is 0 Å². The van der Waals surface area contributed by atoms with Crippen molar-refractivity contribution in [1.29, 1.82) is 0 Å². The summed E-state index contributed by atoms with van der Waals surface area (Å²) in [4.78, 5) is 10.4. The van der Waals surface area contributed by atoms with Gasteiger partial charge in [-0.15, -0.1) is 0 Å². The minimum Gasteiger partial charge on any atom is -0.391 e. The van der Waals surface area contributed by atoms with E-state index in [4.69, 9.17) is 10.5 Å². The molecule has 0 unspecified atom stereocenters. The van der Waals surface area contributed by atoms with Crippen molar-refractivity contribution in [2.75, 3.05) is 30.3 Å². The molecule has 4 rings (SSSR count). The number of rotatable bonds is 5. The van der Waals surface area contributed by atoms with Gasteiger partial charge in [-0.2, -0.15) is 0 Å². The zero-order valence-corrected chi connectivity index (χ0v) is 14.8. The topological polar surface area (TPSA) is 96.5 Å². The third kappa shape index (κ3) is 3.65. The third-order valence-corrected chi connectivity index (χ3v) is 5.19. The van der Waals surface area contributed by atoms with Crippen molar-refractivity contribution >= 4 is 11.6 Å². The maximum atomic E-state index is 10.1. The van der Waals surface area contributed by atoms with E-state index in [1.807, 2.05) is 0 Å². The van der Waals surface area contributed by atoms with Crippen LogP contribution in [0.3, 0.4) is 0 Å². The number of hydrogen-bond acceptors (Lipinski definition) is 7. The molecule has 0 radical (unpaired) electrons. The van der Waals surface area contributed by atoms with E-state index in [9.17, 15) is 5.11 Å². The number of hydrogen-bond donors (Lipinski definition) is 3. The SMILES string of the molecule is Nc1cc(N2C[C@H](O)C[C@@H]2CNCc2cccc3c2COCC3)ncn1. The fraction of sp³-hybridized carbons (Fsp3) is 0.474. The summed E-state index contributed by atoms with van der Waals surface area (Å²) in [5.74, 6) is 1.21. The molecule has 7 nitrogen and oxygen atoms in total. The number of ether oxygens (including phenoxy) is 1. The van der Waals surface area contributed by atoms with Crippen LogP contribution in [0.15, 0.2) is 30.6 Å². The molecule has 1 fully saturated rings. The summed E-state index contributed by atoms with van der Waals surface area (Å²) in [7, 11) is 0. The number of nitrogens with zero attached hydrogens (tertiary/aromatic N) is 3. The van der Waals surface area contributed by atoms with Gasteiger partial charge in [0.05, 0.1) is 19.3 Å². The highest BCUT2D eigenvalue weighted by Gasteiger charge is 2.31. The summed E-state index contributed by atoms with van der Waals surface area (Å²) in [6.45, 7) is 3.63. The van der Waals surface area contributed by atoms with E-state index < -0.39 is 0 Å². The number of fused-ring (bicyclic) bond motifs is 1. The summed E-state index contributed by atoms with van der Waals surface area (Å²) in [6, 6.07) is 8.41. The molecule has 4 N–H and O–H groups in total. The molecule has 2 atom stereocenters. The fourth-order valence-electron chi connectivity index (χ4n) is 3.89. The zero-order valence-electron chi connectivity index (χ0n) is 14.8. The van der Waals surface area contributed by atoms with Crippen LogP contribution >= 0.6 is 0 Å². The van der Waals surface area contributed by atoms with Crippen molar-refractivity contribution in [3.05, 3.63) is 47.3 Å². The largest absolute Gasteiger partial charge is 0.391 e. The summed E-state index contributed by atoms with van der Waals surface area (Å²) in [5.41, 5.74) is 9.78. The Kier molecular flexibility index (Phi) is 5.01. The number of aliphatic hydroxyl groups excluding tert-OH is 1. The van der Waals surface area contributed by atoms with Crippen LogP contribution < -0.4 is 16.0 Å². The van der Waals surface area contributed by atoms with Gasteiger partial charge in [-0.25, -0.2) is 9.97 Å². The molecule has 0 amide bonds. The van der Waals surface area contributed by atoms with Gasteiger partial charge in [-0.3, -0.25) is 0 Å². The van der Waals surface area contributed by atoms with Crippen LogP contribution in [0.2, 0.25) is 0 Å². The minimum absolute atomic E-state index is 0.176. The van der Waals surface area contributed by atoms with Crippen molar-refractivity contribution in [1.82, 2.24) is 15.3 Å². The number of nitrogens with one attached hydrogen (secondary N) is 1. The molecule has 0 bridgehead atoms. The van der Waals surface area contributed by atoms with Crippen LogP contribution in [0.4, 0.5) is 11.6 Å². The Morgan fingerprint density at radius 2 is 2.27 bits per heavy atom. The number of nitrogen functional groups attached to an aromatic ring is 1. The number of aromatic nitrogens is 2. The van der Waals surface area contributed by atoms with Crippen molar-refractivity contribution in [3.63, 3.8) is 0 Å². The molecule has 2 aromatic rings. The molecular formula is C19H25N5O2. The average Bonchev–Trinajstić information content (AvgIpc) is 3.02. The second-order valence-corrected chi connectivity index (χ2v) is 6.99. The van der Waals surface area contributed by atoms with Crippen LogP contribution in [-0.4, -0.2) is 46.9 Å². The molecule has 3 heterocycles. The lowest BCUT2D eigenvalue weighted by atomic mass is 9.98. The van der Waals surface area contributed by atoms with Crippen molar-refractivity contribution in [2.45, 2.75) is 38.1 Å². The van der Waals surface area contributed by atoms with Crippen LogP contribution in [0.25, 0.3) is 0 Å². The zero-order chi connectivity index (χ0) is 17.9. The Hall–Kier alpha value is -2.22. The lowest BCUT2D eigenvalue weighted by molar-refractivity contribution is 0.110. The first-order valence-corrected chi connectivity index (χ1v) is 9.11. The van der Waals surface area contributed by atoms with Gasteiger partial charge < -0.3 is 25.8 Å². The van der Waals surface area contributed by atoms with E-state index in [1.54, 1.807) is 6.07 Å². The number of benzene rings is 1. The molecule has 2 aliphatic heterocycles. The minimum atomic E-state index is -0.351. The molecule has 138 valence electrons. The molecule has 1 aromatic heterocycles. The van der Waals surface area contributed by atoms with Gasteiger partial charge in [0, 0.05) is 31.7 Å². The Bertz CT molecular complexity index is 769. The summed E-state index contributed by atoms with van der Waals surface area (Å²) in [5, 5.41) is 13.7. The van der Waals surface area contributed by atoms with E-state index in [1.165, 1.54) is 23.0 Å². The van der Waals surface area contributed by atoms with Gasteiger partial charge in [0.1, 0.15) is 18.0 Å². The maximum Gasteiger partial charge on any atom is 0.134 e. The highest BCUT2D eigenvalue weighted by Crippen LogP contribution is 2.25. The van der Waals surface area contributed by atoms with E-state index >= 15 is 0 Å². The van der Waals surface area contributed by atoms with Gasteiger partial charge in [0.2, 0.25) is 0 Å². The van der Waals surface area contributed by atoms with Gasteiger partial charge in [0.25, 0.3) is 0 Å². The maximum absolute atomic E-state index is 10.1. The first-order chi connectivity index (χ1) is 12.7. The Balaban J connectivity index is 1.41. The van der Waals surface area contributed by atoms with E-state index in [-0.39, 0.29) is 12.1 Å². The van der Waals surface area contributed by atoms with E-state index in [0.29, 0.717) is 25.4 Å². The summed E-state index contributed by atoms with van der Waals surface area (Å²) < 4.78 is 5.62. The quantitative estimate of drug-likeness (QED) is 0.732. The molecule has 2 aliphatic rings. The molecule has 1 saturated heterocycles. The van der Waals surface area contributed by atoms with Crippen LogP contribution in [0, 0.1) is 0 Å². The Morgan fingerprint density at radius 3 is 3.15 bits per heavy atom. The average molecular weight is 355 g/mol. The fourth-order valence-corrected chi connectivity index (χ4v) is 3.89. The predicted molar refractivity (Wildman–Crippen MR) is 99.7 cm³/mol. The van der Waals surface area contributed by atoms with E-state index in [0.717, 1.165) is 31.9 Å². The number of aliphatic hydroxyl groups is 1. The highest BCUT2D eigenvalue weighted by atomic mass is 16.5. The summed E-state index contributed by atoms with van der Waals surface area (Å²) in [6.07, 6.45) is 2.82. The highest BCUT2D eigenvalue weighted by molar-refractivity contribution is 5.48. The van der Waals surface area contributed by atoms with Gasteiger partial charge >= 0.3 is 0 Å². The van der Waals surface area contributed by atoms with Crippen LogP contribution in [0.5, 0.6) is 0 Å². The van der Waals surface area contributed by atoms with E-state index in [2.05, 4.69) is 38.4 Å². The van der Waals surface area contributed by atoms with Crippen molar-refractivity contribution in [2.24, 2.45) is 0 Å². The van der Waals surface area contributed by atoms with Gasteiger partial charge in [0.15, 0.2) is 0 Å². The van der Waals surface area contributed by atoms with Gasteiger partial charge in [-0.1, -0.05) is 18.2 Å². The second kappa shape index (κ2) is 7.57. The number of anilines is 2. The second-order valence-electron chi connectivity index (χ2n) is 6.99. The summed E-state index contributed by atoms with van der Waals surface area (Å²) >= 11 is 0. The molecule has 0 aliphatic carbocycles. The Labute approximate surface area is 153 Å². The third-order valence-electron chi connectivity index (χ3n) is 5.19. The number of β-amino-alcohol motifs (C(OH)–C–C–N with tert-alkyl or cyclic N) is 1. The normalized spacial score (nSPS) is 22.4. The molecule has 1 aromatic carbocycles. The first kappa shape index (κ1) is 17.2. The Morgan fingerprint density at radius 1 is 1.35 bits per heavy atom. The smallest absolute Gasteiger partial charge is 0.134 e. The van der Waals surface area contributed by atoms with Crippen LogP contribution in [-0.2, 0) is 24.3 Å². The number of nitrogens with two attached hydrogens (primary N) is 1. The molecule has 26 heavy (non-hydrogen) atoms. The first-order valence-electron chi connectivity index (χ1n) is 9.11. The standard InChI is InChI=1S/C19H25N5O2/c20-18-7-19(23-12-22-18)24-10-16(25)6-15(24)9-21-8-14-3-1-2-13-4-5-26-11-17(13)14/h1-3,7,12,15-16,21,25H,4-6,8-11H2,(H2,20,22,23)/t15-,16-/m1/s1. The van der Waals surface area contributed by atoms with Gasteiger partial charge in [-0.05, 0) is 29.5 Å². The van der Waals surface area contributed by atoms with Crippen molar-refractivity contribution < 1.29 is 9.84 Å². The van der Waals surface area contributed by atoms with Crippen LogP contribution in [0.1, 0.15) is 23.1 Å². The molecule has 0 saturated carbocycles. The molecular weight excluding hydrogens is 330 g/mol. The lowest BCUT2D eigenvalue weighted by Crippen LogP contribution is -2.38. The monoisotopic (exact) mass is 355 g/mol. The molecule has 0 spiro atoms. The predicted octanol–water partition coefficient (Wildman–Crippen LogP) is 0.861.